The fourth-order valence-electron chi connectivity index (χ4n) is 1.97. The molecule has 1 atom stereocenters. The molecule has 0 saturated heterocycles. The highest BCUT2D eigenvalue weighted by Gasteiger charge is 2.33. The minimum absolute atomic E-state index is 0.0427. The second-order valence-electron chi connectivity index (χ2n) is 4.79. The maximum Gasteiger partial charge on any atom is 0.433 e. The molecular weight excluding hydrogens is 329 g/mol. The van der Waals surface area contributed by atoms with Gasteiger partial charge < -0.3 is 10.2 Å². The molecule has 0 aliphatic carbocycles. The number of halogens is 3. The van der Waals surface area contributed by atoms with Crippen LogP contribution >= 0.6 is 11.8 Å². The van der Waals surface area contributed by atoms with E-state index in [2.05, 4.69) is 15.0 Å². The standard InChI is InChI=1S/C14H11F3N4OS/c1-7(9-4-8-2-3-22-10(8)6-19-9)23-13-20-11(14(15,16)17)5-12(18)21-13/h2-7H,1H3,(H2,18,20,21). The van der Waals surface area contributed by atoms with Crippen LogP contribution in [0.3, 0.4) is 0 Å². The van der Waals surface area contributed by atoms with Gasteiger partial charge in [-0.15, -0.1) is 0 Å². The lowest BCUT2D eigenvalue weighted by molar-refractivity contribution is -0.141. The number of fused-ring (bicyclic) bond motifs is 1. The zero-order valence-corrected chi connectivity index (χ0v) is 12.6. The average Bonchev–Trinajstić information content (AvgIpc) is 2.93. The minimum atomic E-state index is -4.57. The molecule has 0 spiro atoms. The van der Waals surface area contributed by atoms with E-state index < -0.39 is 11.9 Å². The summed E-state index contributed by atoms with van der Waals surface area (Å²) in [5.74, 6) is -0.222. The maximum absolute atomic E-state index is 12.8. The number of hydrogen-bond donors (Lipinski definition) is 1. The number of alkyl halides is 3. The number of nitrogens with zero attached hydrogens (tertiary/aromatic N) is 3. The van der Waals surface area contributed by atoms with Crippen LogP contribution in [0.4, 0.5) is 19.0 Å². The number of nitrogen functional groups attached to an aromatic ring is 1. The quantitative estimate of drug-likeness (QED) is 0.572. The van der Waals surface area contributed by atoms with E-state index in [9.17, 15) is 13.2 Å². The summed E-state index contributed by atoms with van der Waals surface area (Å²) in [6.45, 7) is 1.80. The predicted molar refractivity (Wildman–Crippen MR) is 79.7 cm³/mol. The van der Waals surface area contributed by atoms with Gasteiger partial charge in [0.15, 0.2) is 16.4 Å². The van der Waals surface area contributed by atoms with Crippen molar-refractivity contribution in [2.75, 3.05) is 5.73 Å². The van der Waals surface area contributed by atoms with Gasteiger partial charge in [0.1, 0.15) is 5.82 Å². The summed E-state index contributed by atoms with van der Waals surface area (Å²) < 4.78 is 43.5. The van der Waals surface area contributed by atoms with Crippen molar-refractivity contribution in [3.63, 3.8) is 0 Å². The van der Waals surface area contributed by atoms with Crippen LogP contribution in [0.15, 0.2) is 40.2 Å². The maximum atomic E-state index is 12.8. The molecule has 0 aliphatic rings. The lowest BCUT2D eigenvalue weighted by Gasteiger charge is -2.12. The molecule has 120 valence electrons. The van der Waals surface area contributed by atoms with Gasteiger partial charge in [-0.1, -0.05) is 11.8 Å². The lowest BCUT2D eigenvalue weighted by Crippen LogP contribution is -2.11. The molecule has 2 N–H and O–H groups in total. The highest BCUT2D eigenvalue weighted by atomic mass is 32.2. The van der Waals surface area contributed by atoms with Crippen LogP contribution in [0.2, 0.25) is 0 Å². The third-order valence-electron chi connectivity index (χ3n) is 3.08. The van der Waals surface area contributed by atoms with Crippen molar-refractivity contribution < 1.29 is 17.6 Å². The summed E-state index contributed by atoms with van der Waals surface area (Å²) in [5.41, 5.74) is 5.71. The summed E-state index contributed by atoms with van der Waals surface area (Å²) in [6.07, 6.45) is -1.45. The largest absolute Gasteiger partial charge is 0.463 e. The number of anilines is 1. The van der Waals surface area contributed by atoms with Gasteiger partial charge in [-0.05, 0) is 19.1 Å². The van der Waals surface area contributed by atoms with E-state index in [4.69, 9.17) is 10.2 Å². The smallest absolute Gasteiger partial charge is 0.433 e. The van der Waals surface area contributed by atoms with Crippen molar-refractivity contribution >= 4 is 28.5 Å². The number of furan rings is 1. The molecule has 3 aromatic heterocycles. The number of thioether (sulfide) groups is 1. The SMILES string of the molecule is CC(Sc1nc(N)cc(C(F)(F)F)n1)c1cc2ccoc2cn1. The van der Waals surface area contributed by atoms with Crippen LogP contribution in [0.25, 0.3) is 11.0 Å². The molecular formula is C14H11F3N4OS. The Labute approximate surface area is 133 Å². The highest BCUT2D eigenvalue weighted by Crippen LogP contribution is 2.35. The second-order valence-corrected chi connectivity index (χ2v) is 6.09. The van der Waals surface area contributed by atoms with E-state index in [1.807, 2.05) is 6.07 Å². The van der Waals surface area contributed by atoms with E-state index in [1.54, 1.807) is 25.5 Å². The normalized spacial score (nSPS) is 13.4. The number of hydrogen-bond acceptors (Lipinski definition) is 6. The van der Waals surface area contributed by atoms with Crippen molar-refractivity contribution in [3.8, 4) is 0 Å². The van der Waals surface area contributed by atoms with Gasteiger partial charge in [-0.3, -0.25) is 4.98 Å². The molecule has 0 fully saturated rings. The zero-order valence-electron chi connectivity index (χ0n) is 11.8. The predicted octanol–water partition coefficient (Wildman–Crippen LogP) is 4.07. The Morgan fingerprint density at radius 2 is 2.04 bits per heavy atom. The number of pyridine rings is 1. The first-order valence-corrected chi connectivity index (χ1v) is 7.42. The Kier molecular flexibility index (Phi) is 3.88. The molecule has 3 aromatic rings. The van der Waals surface area contributed by atoms with E-state index >= 15 is 0 Å². The Morgan fingerprint density at radius 1 is 1.26 bits per heavy atom. The van der Waals surface area contributed by atoms with E-state index in [-0.39, 0.29) is 16.2 Å². The van der Waals surface area contributed by atoms with Gasteiger partial charge in [0.05, 0.1) is 23.4 Å². The van der Waals surface area contributed by atoms with Crippen LogP contribution in [0, 0.1) is 0 Å². The Hall–Kier alpha value is -2.29. The molecule has 3 rings (SSSR count). The summed E-state index contributed by atoms with van der Waals surface area (Å²) in [6, 6.07) is 4.31. The summed E-state index contributed by atoms with van der Waals surface area (Å²) in [5, 5.41) is 0.572. The van der Waals surface area contributed by atoms with Crippen LogP contribution in [-0.2, 0) is 6.18 Å². The molecule has 5 nitrogen and oxygen atoms in total. The molecule has 0 aliphatic heterocycles. The van der Waals surface area contributed by atoms with E-state index in [0.29, 0.717) is 17.3 Å². The Bertz CT molecular complexity index is 849. The fourth-order valence-corrected chi connectivity index (χ4v) is 2.84. The first-order valence-electron chi connectivity index (χ1n) is 6.54. The average molecular weight is 340 g/mol. The van der Waals surface area contributed by atoms with Crippen LogP contribution < -0.4 is 5.73 Å². The molecule has 0 saturated carbocycles. The highest BCUT2D eigenvalue weighted by molar-refractivity contribution is 7.99. The van der Waals surface area contributed by atoms with Crippen molar-refractivity contribution in [1.82, 2.24) is 15.0 Å². The summed E-state index contributed by atoms with van der Waals surface area (Å²) in [4.78, 5) is 11.6. The Balaban J connectivity index is 1.87. The molecule has 1 unspecified atom stereocenters. The van der Waals surface area contributed by atoms with Crippen molar-refractivity contribution in [2.45, 2.75) is 23.5 Å². The second kappa shape index (κ2) is 5.73. The van der Waals surface area contributed by atoms with Gasteiger partial charge >= 0.3 is 6.18 Å². The number of aromatic nitrogens is 3. The lowest BCUT2D eigenvalue weighted by atomic mass is 10.2. The van der Waals surface area contributed by atoms with Crippen LogP contribution in [-0.4, -0.2) is 15.0 Å². The summed E-state index contributed by atoms with van der Waals surface area (Å²) >= 11 is 1.06. The summed E-state index contributed by atoms with van der Waals surface area (Å²) in [7, 11) is 0. The van der Waals surface area contributed by atoms with E-state index in [1.165, 1.54) is 0 Å². The monoisotopic (exact) mass is 340 g/mol. The van der Waals surface area contributed by atoms with Gasteiger partial charge in [0.25, 0.3) is 0 Å². The van der Waals surface area contributed by atoms with Gasteiger partial charge in [0.2, 0.25) is 0 Å². The van der Waals surface area contributed by atoms with E-state index in [0.717, 1.165) is 17.1 Å². The van der Waals surface area contributed by atoms with Crippen molar-refractivity contribution in [1.29, 1.82) is 0 Å². The molecule has 3 heterocycles. The molecule has 9 heteroatoms. The third-order valence-corrected chi connectivity index (χ3v) is 4.06. The minimum Gasteiger partial charge on any atom is -0.463 e. The van der Waals surface area contributed by atoms with Crippen molar-refractivity contribution in [2.24, 2.45) is 0 Å². The van der Waals surface area contributed by atoms with Gasteiger partial charge in [-0.25, -0.2) is 9.97 Å². The Morgan fingerprint density at radius 3 is 2.78 bits per heavy atom. The molecule has 23 heavy (non-hydrogen) atoms. The van der Waals surface area contributed by atoms with Gasteiger partial charge in [-0.2, -0.15) is 13.2 Å². The molecule has 0 radical (unpaired) electrons. The number of nitrogens with two attached hydrogens (primary N) is 1. The molecule has 0 bridgehead atoms. The number of rotatable bonds is 3. The van der Waals surface area contributed by atoms with Gasteiger partial charge in [0, 0.05) is 11.5 Å². The molecule has 0 amide bonds. The van der Waals surface area contributed by atoms with Crippen LogP contribution in [0.1, 0.15) is 23.6 Å². The molecule has 0 aromatic carbocycles. The fraction of sp³-hybridized carbons (Fsp3) is 0.214. The first-order chi connectivity index (χ1) is 10.8. The van der Waals surface area contributed by atoms with Crippen LogP contribution in [0.5, 0.6) is 0 Å². The zero-order chi connectivity index (χ0) is 16.6. The topological polar surface area (TPSA) is 77.8 Å². The first kappa shape index (κ1) is 15.6. The van der Waals surface area contributed by atoms with Crippen molar-refractivity contribution in [3.05, 3.63) is 42.0 Å². The third kappa shape index (κ3) is 3.39.